The van der Waals surface area contributed by atoms with E-state index in [1.807, 2.05) is 33.2 Å². The minimum atomic E-state index is -0.639. The molecule has 0 aromatic carbocycles. The van der Waals surface area contributed by atoms with Gasteiger partial charge >= 0.3 is 0 Å². The van der Waals surface area contributed by atoms with E-state index < -0.39 is 6.04 Å². The van der Waals surface area contributed by atoms with Crippen molar-refractivity contribution >= 4 is 18.3 Å². The molecule has 0 aliphatic heterocycles. The van der Waals surface area contributed by atoms with Gasteiger partial charge in [-0.2, -0.15) is 5.10 Å². The molecule has 4 heterocycles. The van der Waals surface area contributed by atoms with Crippen molar-refractivity contribution in [3.8, 4) is 22.5 Å². The predicted octanol–water partition coefficient (Wildman–Crippen LogP) is 3.38. The second-order valence-corrected chi connectivity index (χ2v) is 8.26. The van der Waals surface area contributed by atoms with E-state index in [1.165, 1.54) is 9.47 Å². The highest BCUT2D eigenvalue weighted by molar-refractivity contribution is 5.88. The van der Waals surface area contributed by atoms with Crippen LogP contribution in [0, 0.1) is 24.7 Å². The standard InChI is InChI=1S/C25H26N8O2/c1-16-9-20(21-12-29-31(4)13-21)11-28-22(16)7-8-32(15-34)18(3)25(27)33-14-19(5-6-24(33)26)23-10-17(2)30-35-23/h5-15,18,26-27H,1-4H3/b8-7-,26-24?,27-25?/t18-/m0/s1. The Morgan fingerprint density at radius 1 is 1.14 bits per heavy atom. The van der Waals surface area contributed by atoms with E-state index >= 15 is 0 Å². The zero-order chi connectivity index (χ0) is 25.1. The first kappa shape index (κ1) is 23.6. The van der Waals surface area contributed by atoms with Gasteiger partial charge in [0.1, 0.15) is 11.3 Å². The number of hydrogen-bond donors (Lipinski definition) is 2. The molecular weight excluding hydrogens is 444 g/mol. The van der Waals surface area contributed by atoms with Crippen LogP contribution in [0.1, 0.15) is 23.9 Å². The molecule has 4 aromatic heterocycles. The van der Waals surface area contributed by atoms with Crippen LogP contribution in [0.4, 0.5) is 0 Å². The number of hydrogen-bond acceptors (Lipinski definition) is 7. The molecule has 0 aliphatic carbocycles. The molecule has 0 aliphatic rings. The van der Waals surface area contributed by atoms with Gasteiger partial charge in [0.15, 0.2) is 5.76 Å². The molecule has 4 aromatic rings. The zero-order valence-corrected chi connectivity index (χ0v) is 19.9. The molecule has 178 valence electrons. The summed E-state index contributed by atoms with van der Waals surface area (Å²) in [5.41, 5.74) is 5.10. The van der Waals surface area contributed by atoms with Gasteiger partial charge < -0.3 is 9.42 Å². The smallest absolute Gasteiger partial charge is 0.214 e. The largest absolute Gasteiger partial charge is 0.356 e. The summed E-state index contributed by atoms with van der Waals surface area (Å²) in [6, 6.07) is 6.47. The Bertz CT molecular complexity index is 1480. The Hall–Kier alpha value is -4.60. The number of aryl methyl sites for hydroxylation is 3. The first-order valence-corrected chi connectivity index (χ1v) is 10.9. The molecule has 35 heavy (non-hydrogen) atoms. The van der Waals surface area contributed by atoms with Crippen molar-refractivity contribution in [1.29, 1.82) is 10.8 Å². The highest BCUT2D eigenvalue weighted by Crippen LogP contribution is 2.21. The number of rotatable bonds is 7. The van der Waals surface area contributed by atoms with Crippen LogP contribution >= 0.6 is 0 Å². The van der Waals surface area contributed by atoms with Crippen LogP contribution in [-0.2, 0) is 11.8 Å². The fourth-order valence-corrected chi connectivity index (χ4v) is 3.59. The molecule has 10 nitrogen and oxygen atoms in total. The molecule has 0 unspecified atom stereocenters. The van der Waals surface area contributed by atoms with Crippen LogP contribution in [0.3, 0.4) is 0 Å². The van der Waals surface area contributed by atoms with E-state index in [-0.39, 0.29) is 11.3 Å². The van der Waals surface area contributed by atoms with Gasteiger partial charge in [-0.15, -0.1) is 0 Å². The van der Waals surface area contributed by atoms with E-state index in [4.69, 9.17) is 15.3 Å². The number of carbonyl (C=O) groups excluding carboxylic acids is 1. The van der Waals surface area contributed by atoms with E-state index in [0.717, 1.165) is 22.4 Å². The second kappa shape index (κ2) is 9.72. The molecule has 0 spiro atoms. The lowest BCUT2D eigenvalue weighted by atomic mass is 10.1. The van der Waals surface area contributed by atoms with E-state index in [1.54, 1.807) is 60.7 Å². The number of nitrogens with zero attached hydrogens (tertiary/aromatic N) is 6. The van der Waals surface area contributed by atoms with E-state index in [9.17, 15) is 4.79 Å². The molecule has 0 saturated heterocycles. The Kier molecular flexibility index (Phi) is 6.54. The molecule has 0 fully saturated rings. The molecule has 0 radical (unpaired) electrons. The molecule has 1 atom stereocenters. The van der Waals surface area contributed by atoms with Gasteiger partial charge in [0, 0.05) is 54.6 Å². The SMILES string of the molecule is Cc1cc(-c2ccc(=N)n(C(=N)[C@H](C)N(C=O)/C=C\c3ncc(-c4cnn(C)c4)cc3C)c2)on1. The summed E-state index contributed by atoms with van der Waals surface area (Å²) < 4.78 is 8.45. The van der Waals surface area contributed by atoms with Crippen LogP contribution < -0.4 is 5.49 Å². The fraction of sp³-hybridized carbons (Fsp3) is 0.200. The first-order chi connectivity index (χ1) is 16.8. The zero-order valence-electron chi connectivity index (χ0n) is 19.9. The van der Waals surface area contributed by atoms with Crippen molar-refractivity contribution in [2.75, 3.05) is 0 Å². The predicted molar refractivity (Wildman–Crippen MR) is 131 cm³/mol. The maximum Gasteiger partial charge on any atom is 0.214 e. The first-order valence-electron chi connectivity index (χ1n) is 10.9. The van der Waals surface area contributed by atoms with Crippen molar-refractivity contribution in [2.45, 2.75) is 26.8 Å². The monoisotopic (exact) mass is 470 g/mol. The van der Waals surface area contributed by atoms with Gasteiger partial charge in [-0.3, -0.25) is 29.8 Å². The van der Waals surface area contributed by atoms with Crippen LogP contribution in [0.15, 0.2) is 59.8 Å². The molecule has 0 saturated carbocycles. The van der Waals surface area contributed by atoms with E-state index in [2.05, 4.69) is 15.2 Å². The summed E-state index contributed by atoms with van der Waals surface area (Å²) in [4.78, 5) is 17.8. The Balaban J connectivity index is 1.55. The van der Waals surface area contributed by atoms with Gasteiger partial charge in [-0.25, -0.2) is 0 Å². The lowest BCUT2D eigenvalue weighted by Crippen LogP contribution is -2.41. The number of nitrogens with one attached hydrogen (secondary N) is 2. The maximum absolute atomic E-state index is 11.9. The Morgan fingerprint density at radius 2 is 1.94 bits per heavy atom. The summed E-state index contributed by atoms with van der Waals surface area (Å²) in [5, 5.41) is 25.0. The topological polar surface area (TPSA) is 130 Å². The third kappa shape index (κ3) is 5.01. The van der Waals surface area contributed by atoms with Crippen molar-refractivity contribution in [1.82, 2.24) is 29.4 Å². The van der Waals surface area contributed by atoms with E-state index in [0.29, 0.717) is 23.4 Å². The van der Waals surface area contributed by atoms with Gasteiger partial charge in [0.2, 0.25) is 6.41 Å². The lowest BCUT2D eigenvalue weighted by molar-refractivity contribution is -0.116. The van der Waals surface area contributed by atoms with Crippen LogP contribution in [0.2, 0.25) is 0 Å². The number of carbonyl (C=O) groups is 1. The summed E-state index contributed by atoms with van der Waals surface area (Å²) in [6.45, 7) is 5.49. The van der Waals surface area contributed by atoms with Crippen LogP contribution in [0.5, 0.6) is 0 Å². The van der Waals surface area contributed by atoms with Crippen molar-refractivity contribution < 1.29 is 9.32 Å². The molecule has 4 rings (SSSR count). The molecule has 1 amide bonds. The Morgan fingerprint density at radius 3 is 2.57 bits per heavy atom. The highest BCUT2D eigenvalue weighted by Gasteiger charge is 2.18. The number of amides is 1. The van der Waals surface area contributed by atoms with Crippen molar-refractivity contribution in [3.63, 3.8) is 0 Å². The number of aromatic nitrogens is 5. The summed E-state index contributed by atoms with van der Waals surface area (Å²) in [5.74, 6) is 0.599. The van der Waals surface area contributed by atoms with Gasteiger partial charge in [-0.05, 0) is 50.6 Å². The third-order valence-electron chi connectivity index (χ3n) is 5.65. The Labute approximate surface area is 202 Å². The average molecular weight is 471 g/mol. The summed E-state index contributed by atoms with van der Waals surface area (Å²) in [7, 11) is 1.86. The third-order valence-corrected chi connectivity index (χ3v) is 5.65. The van der Waals surface area contributed by atoms with Gasteiger partial charge in [0.05, 0.1) is 23.6 Å². The van der Waals surface area contributed by atoms with Gasteiger partial charge in [0.25, 0.3) is 0 Å². The maximum atomic E-state index is 11.9. The summed E-state index contributed by atoms with van der Waals surface area (Å²) in [6.07, 6.45) is 11.1. The lowest BCUT2D eigenvalue weighted by Gasteiger charge is -2.23. The summed E-state index contributed by atoms with van der Waals surface area (Å²) >= 11 is 0. The molecule has 10 heteroatoms. The fourth-order valence-electron chi connectivity index (χ4n) is 3.59. The quantitative estimate of drug-likeness (QED) is 0.243. The van der Waals surface area contributed by atoms with Gasteiger partial charge in [-0.1, -0.05) is 5.16 Å². The minimum Gasteiger partial charge on any atom is -0.356 e. The normalized spacial score (nSPS) is 12.1. The molecule has 2 N–H and O–H groups in total. The highest BCUT2D eigenvalue weighted by atomic mass is 16.5. The second-order valence-electron chi connectivity index (χ2n) is 8.26. The van der Waals surface area contributed by atoms with Crippen molar-refractivity contribution in [2.24, 2.45) is 7.05 Å². The average Bonchev–Trinajstić information content (AvgIpc) is 3.48. The van der Waals surface area contributed by atoms with Crippen molar-refractivity contribution in [3.05, 3.63) is 77.7 Å². The van der Waals surface area contributed by atoms with Crippen LogP contribution in [0.25, 0.3) is 28.5 Å². The van der Waals surface area contributed by atoms with Crippen LogP contribution in [-0.4, -0.2) is 47.7 Å². The number of pyridine rings is 2. The molecular formula is C25H26N8O2. The minimum absolute atomic E-state index is 0.0569. The molecule has 0 bridgehead atoms.